The van der Waals surface area contributed by atoms with Gasteiger partial charge in [0.25, 0.3) is 0 Å². The summed E-state index contributed by atoms with van der Waals surface area (Å²) in [7, 11) is -4.28. The molecule has 4 amide bonds. The smallest absolute Gasteiger partial charge is 0.407 e. The second-order valence-electron chi connectivity index (χ2n) is 13.2. The molecule has 1 saturated heterocycles. The zero-order valence-electron chi connectivity index (χ0n) is 29.5. The Balaban J connectivity index is 1.38. The van der Waals surface area contributed by atoms with Crippen LogP contribution < -0.4 is 15.5 Å². The second-order valence-corrected chi connectivity index (χ2v) is 15.1. The van der Waals surface area contributed by atoms with Crippen molar-refractivity contribution in [3.05, 3.63) is 132 Å². The molecule has 5 atom stereocenters. The summed E-state index contributed by atoms with van der Waals surface area (Å²) in [5.74, 6) is -2.13. The molecule has 6 rings (SSSR count). The molecule has 0 aromatic heterocycles. The van der Waals surface area contributed by atoms with Crippen molar-refractivity contribution in [2.75, 3.05) is 18.0 Å². The molecule has 1 heterocycles. The van der Waals surface area contributed by atoms with E-state index in [9.17, 15) is 27.6 Å². The van der Waals surface area contributed by atoms with Gasteiger partial charge in [-0.1, -0.05) is 102 Å². The van der Waals surface area contributed by atoms with Gasteiger partial charge in [-0.2, -0.15) is 4.31 Å². The van der Waals surface area contributed by atoms with Crippen molar-refractivity contribution in [3.8, 4) is 12.3 Å². The number of nitrogens with zero attached hydrogens (tertiary/aromatic N) is 2. The molecule has 2 N–H and O–H groups in total. The standard InChI is InChI=1S/C41H40N4O8S/c1-3-23-44(54(50,51)32-21-19-28(2)20-22-32)27-34-36-33(38(46)45(39(36)47)31-17-11-6-12-18-31)24-35(52-40(48)42-25-29-13-7-4-8-14-29)37(34)53-41(49)43-26-30-15-9-5-10-16-30/h1,4-22,33-37H,23-27H2,2H3,(H,42,48)(H,43,49)/t33-,34-,35-,36-,37+/m1/s1. The van der Waals surface area contributed by atoms with Crippen molar-refractivity contribution >= 4 is 39.7 Å². The number of benzene rings is 4. The van der Waals surface area contributed by atoms with Gasteiger partial charge in [0.1, 0.15) is 12.2 Å². The second kappa shape index (κ2) is 16.8. The molecule has 12 nitrogen and oxygen atoms in total. The van der Waals surface area contributed by atoms with Crippen molar-refractivity contribution in [1.82, 2.24) is 14.9 Å². The van der Waals surface area contributed by atoms with Crippen LogP contribution >= 0.6 is 0 Å². The summed E-state index contributed by atoms with van der Waals surface area (Å²) in [5, 5.41) is 5.39. The fourth-order valence-corrected chi connectivity index (χ4v) is 8.39. The van der Waals surface area contributed by atoms with Crippen LogP contribution in [0.2, 0.25) is 0 Å². The van der Waals surface area contributed by atoms with Crippen LogP contribution in [0.1, 0.15) is 23.1 Å². The Kier molecular flexibility index (Phi) is 11.7. The van der Waals surface area contributed by atoms with Gasteiger partial charge in [-0.3, -0.25) is 14.5 Å². The fraction of sp³-hybridized carbons (Fsp3) is 0.268. The maximum absolute atomic E-state index is 14.4. The predicted molar refractivity (Wildman–Crippen MR) is 200 cm³/mol. The SMILES string of the molecule is C#CCN(C[C@H]1[C@H](OC(=O)NCc2ccccc2)[C@H](OC(=O)NCc2ccccc2)C[C@H]2C(=O)N(c3ccccc3)C(=O)[C@@H]12)S(=O)(=O)c1ccc(C)cc1. The van der Waals surface area contributed by atoms with Crippen molar-refractivity contribution in [2.45, 2.75) is 43.5 Å². The van der Waals surface area contributed by atoms with Crippen LogP contribution in [-0.4, -0.2) is 62.0 Å². The fourth-order valence-electron chi connectivity index (χ4n) is 7.00. The molecule has 0 radical (unpaired) electrons. The minimum Gasteiger partial charge on any atom is -0.442 e. The number of fused-ring (bicyclic) bond motifs is 1. The van der Waals surface area contributed by atoms with Crippen LogP contribution in [0, 0.1) is 37.0 Å². The van der Waals surface area contributed by atoms with Gasteiger partial charge in [0.05, 0.1) is 29.0 Å². The number of para-hydroxylation sites is 1. The number of carbonyl (C=O) groups excluding carboxylic acids is 4. The highest BCUT2D eigenvalue weighted by molar-refractivity contribution is 7.89. The lowest BCUT2D eigenvalue weighted by Crippen LogP contribution is -2.56. The first-order valence-corrected chi connectivity index (χ1v) is 18.9. The number of hydrogen-bond acceptors (Lipinski definition) is 8. The van der Waals surface area contributed by atoms with E-state index in [4.69, 9.17) is 15.9 Å². The Morgan fingerprint density at radius 2 is 1.33 bits per heavy atom. The van der Waals surface area contributed by atoms with Gasteiger partial charge in [-0.15, -0.1) is 6.42 Å². The van der Waals surface area contributed by atoms with E-state index in [1.165, 1.54) is 12.1 Å². The number of anilines is 1. The highest BCUT2D eigenvalue weighted by Gasteiger charge is 2.60. The number of amides is 4. The minimum absolute atomic E-state index is 0.0402. The number of hydrogen-bond donors (Lipinski definition) is 2. The van der Waals surface area contributed by atoms with Crippen LogP contribution in [0.15, 0.2) is 120 Å². The quantitative estimate of drug-likeness (QED) is 0.151. The monoisotopic (exact) mass is 748 g/mol. The maximum atomic E-state index is 14.4. The van der Waals surface area contributed by atoms with Crippen LogP contribution in [0.25, 0.3) is 0 Å². The number of rotatable bonds is 12. The Hall–Kier alpha value is -5.97. The summed E-state index contributed by atoms with van der Waals surface area (Å²) < 4.78 is 41.3. The molecule has 2 aliphatic rings. The van der Waals surface area contributed by atoms with Crippen molar-refractivity contribution in [2.24, 2.45) is 17.8 Å². The summed E-state index contributed by atoms with van der Waals surface area (Å²) in [6.07, 6.45) is 1.13. The third-order valence-electron chi connectivity index (χ3n) is 9.63. The lowest BCUT2D eigenvalue weighted by Gasteiger charge is -2.42. The zero-order chi connectivity index (χ0) is 38.2. The number of imide groups is 1. The molecular formula is C41H40N4O8S. The first kappa shape index (κ1) is 37.8. The molecule has 1 aliphatic heterocycles. The highest BCUT2D eigenvalue weighted by Crippen LogP contribution is 2.46. The number of alkyl carbamates (subject to hydrolysis) is 2. The van der Waals surface area contributed by atoms with Gasteiger partial charge >= 0.3 is 12.2 Å². The van der Waals surface area contributed by atoms with Gasteiger partial charge in [0.15, 0.2) is 0 Å². The Morgan fingerprint density at radius 3 is 1.89 bits per heavy atom. The van der Waals surface area contributed by atoms with Gasteiger partial charge in [0, 0.05) is 32.0 Å². The number of carbonyl (C=O) groups is 4. The lowest BCUT2D eigenvalue weighted by atomic mass is 9.70. The average Bonchev–Trinajstić information content (AvgIpc) is 3.43. The number of ether oxygens (including phenoxy) is 2. The molecule has 1 aliphatic carbocycles. The molecule has 13 heteroatoms. The van der Waals surface area contributed by atoms with E-state index in [1.807, 2.05) is 67.6 Å². The zero-order valence-corrected chi connectivity index (χ0v) is 30.4. The largest absolute Gasteiger partial charge is 0.442 e. The predicted octanol–water partition coefficient (Wildman–Crippen LogP) is 5.03. The highest BCUT2D eigenvalue weighted by atomic mass is 32.2. The third-order valence-corrected chi connectivity index (χ3v) is 11.5. The summed E-state index contributed by atoms with van der Waals surface area (Å²) in [4.78, 5) is 56.5. The Bertz CT molecular complexity index is 2110. The van der Waals surface area contributed by atoms with E-state index in [2.05, 4.69) is 16.6 Å². The molecule has 54 heavy (non-hydrogen) atoms. The van der Waals surface area contributed by atoms with Crippen molar-refractivity contribution in [1.29, 1.82) is 0 Å². The molecule has 2 fully saturated rings. The molecule has 278 valence electrons. The van der Waals surface area contributed by atoms with Crippen molar-refractivity contribution < 1.29 is 37.1 Å². The van der Waals surface area contributed by atoms with E-state index >= 15 is 0 Å². The van der Waals surface area contributed by atoms with Crippen LogP contribution in [0.4, 0.5) is 15.3 Å². The average molecular weight is 749 g/mol. The molecule has 0 bridgehead atoms. The number of nitrogens with one attached hydrogen (secondary N) is 2. The summed E-state index contributed by atoms with van der Waals surface area (Å²) >= 11 is 0. The van der Waals surface area contributed by atoms with E-state index < -0.39 is 77.1 Å². The third kappa shape index (κ3) is 8.46. The minimum atomic E-state index is -4.28. The summed E-state index contributed by atoms with van der Waals surface area (Å²) in [5.41, 5.74) is 2.74. The molecular weight excluding hydrogens is 709 g/mol. The summed E-state index contributed by atoms with van der Waals surface area (Å²) in [6, 6.07) is 32.7. The van der Waals surface area contributed by atoms with Crippen LogP contribution in [-0.2, 0) is 42.2 Å². The van der Waals surface area contributed by atoms with Crippen LogP contribution in [0.3, 0.4) is 0 Å². The van der Waals surface area contributed by atoms with Gasteiger partial charge in [-0.25, -0.2) is 18.0 Å². The van der Waals surface area contributed by atoms with E-state index in [-0.39, 0.29) is 24.4 Å². The van der Waals surface area contributed by atoms with Crippen molar-refractivity contribution in [3.63, 3.8) is 0 Å². The molecule has 4 aromatic rings. The van der Waals surface area contributed by atoms with Crippen LogP contribution in [0.5, 0.6) is 0 Å². The topological polar surface area (TPSA) is 151 Å². The van der Waals surface area contributed by atoms with Gasteiger partial charge < -0.3 is 20.1 Å². The van der Waals surface area contributed by atoms with E-state index in [0.29, 0.717) is 5.69 Å². The molecule has 1 saturated carbocycles. The number of aryl methyl sites for hydroxylation is 1. The first-order chi connectivity index (χ1) is 26.1. The normalized spacial score (nSPS) is 20.8. The Labute approximate surface area is 314 Å². The van der Waals surface area contributed by atoms with Gasteiger partial charge in [-0.05, 0) is 42.3 Å². The summed E-state index contributed by atoms with van der Waals surface area (Å²) in [6.45, 7) is 1.20. The maximum Gasteiger partial charge on any atom is 0.407 e. The van der Waals surface area contributed by atoms with E-state index in [1.54, 1.807) is 42.5 Å². The molecule has 4 aromatic carbocycles. The number of terminal acetylenes is 1. The molecule has 0 spiro atoms. The van der Waals surface area contributed by atoms with E-state index in [0.717, 1.165) is 25.9 Å². The lowest BCUT2D eigenvalue weighted by molar-refractivity contribution is -0.137. The van der Waals surface area contributed by atoms with Gasteiger partial charge in [0.2, 0.25) is 21.8 Å². The molecule has 0 unspecified atom stereocenters. The number of sulfonamides is 1. The Morgan fingerprint density at radius 1 is 0.796 bits per heavy atom. The first-order valence-electron chi connectivity index (χ1n) is 17.5.